The fraction of sp³-hybridized carbons (Fsp3) is 0. The number of rotatable bonds is 4. The summed E-state index contributed by atoms with van der Waals surface area (Å²) in [5.41, 5.74) is 14.2. The van der Waals surface area contributed by atoms with Crippen molar-refractivity contribution in [1.29, 1.82) is 0 Å². The second-order valence-electron chi connectivity index (χ2n) is 6.60. The van der Waals surface area contributed by atoms with Gasteiger partial charge in [0.2, 0.25) is 0 Å². The van der Waals surface area contributed by atoms with E-state index in [2.05, 4.69) is 72.8 Å². The topological polar surface area (TPSA) is 64.4 Å². The Hall–Kier alpha value is -3.29. The first kappa shape index (κ1) is 18.1. The molecular formula is C24H22N3P. The number of benzene rings is 4. The number of nitrogens with two attached hydrogens (primary N) is 2. The molecule has 0 unspecified atom stereocenters. The van der Waals surface area contributed by atoms with Gasteiger partial charge >= 0.3 is 0 Å². The van der Waals surface area contributed by atoms with Crippen molar-refractivity contribution < 1.29 is 0 Å². The van der Waals surface area contributed by atoms with Crippen LogP contribution < -0.4 is 27.4 Å². The minimum absolute atomic E-state index is 0.617. The minimum Gasteiger partial charge on any atom is -0.399 e. The van der Waals surface area contributed by atoms with Crippen LogP contribution in [-0.2, 0) is 0 Å². The first-order chi connectivity index (χ1) is 13.7. The van der Waals surface area contributed by atoms with Crippen LogP contribution in [-0.4, -0.2) is 0 Å². The van der Waals surface area contributed by atoms with Gasteiger partial charge in [-0.1, -0.05) is 91.0 Å². The van der Waals surface area contributed by atoms with Crippen LogP contribution in [0.15, 0.2) is 114 Å². The number of hydrogen-bond donors (Lipinski definition) is 2. The van der Waals surface area contributed by atoms with Crippen LogP contribution in [0, 0.1) is 0 Å². The molecular weight excluding hydrogens is 361 g/mol. The molecule has 4 aromatic rings. The summed E-state index contributed by atoms with van der Waals surface area (Å²) in [5.74, 6) is 0. The molecule has 4 aromatic carbocycles. The highest BCUT2D eigenvalue weighted by molar-refractivity contribution is 7.87. The van der Waals surface area contributed by atoms with E-state index in [1.807, 2.05) is 30.3 Å². The molecule has 0 atom stereocenters. The number of anilines is 2. The largest absolute Gasteiger partial charge is 0.399 e. The molecule has 138 valence electrons. The Morgan fingerprint density at radius 2 is 0.857 bits per heavy atom. The van der Waals surface area contributed by atoms with E-state index < -0.39 is 7.05 Å². The summed E-state index contributed by atoms with van der Waals surface area (Å²) in [4.78, 5) is 0. The molecule has 0 aliphatic carbocycles. The van der Waals surface area contributed by atoms with Gasteiger partial charge in [0.25, 0.3) is 0 Å². The van der Waals surface area contributed by atoms with Crippen molar-refractivity contribution >= 4 is 40.0 Å². The second kappa shape index (κ2) is 7.75. The van der Waals surface area contributed by atoms with Gasteiger partial charge in [-0.2, -0.15) is 0 Å². The lowest BCUT2D eigenvalue weighted by Crippen LogP contribution is -2.25. The van der Waals surface area contributed by atoms with Gasteiger partial charge in [-0.15, -0.1) is 0 Å². The summed E-state index contributed by atoms with van der Waals surface area (Å²) in [6.45, 7) is 0. The molecule has 4 N–H and O–H groups in total. The Labute approximate surface area is 165 Å². The molecule has 0 aliphatic rings. The maximum absolute atomic E-state index is 6.07. The predicted molar refractivity (Wildman–Crippen MR) is 123 cm³/mol. The summed E-state index contributed by atoms with van der Waals surface area (Å²) in [6, 6.07) is 37.0. The van der Waals surface area contributed by atoms with Crippen molar-refractivity contribution in [3.63, 3.8) is 0 Å². The van der Waals surface area contributed by atoms with Crippen LogP contribution in [0.2, 0.25) is 0 Å². The monoisotopic (exact) mass is 383 g/mol. The molecule has 0 radical (unpaired) electrons. The zero-order chi connectivity index (χ0) is 19.4. The maximum Gasteiger partial charge on any atom is 0.0666 e. The van der Waals surface area contributed by atoms with Crippen molar-refractivity contribution in [1.82, 2.24) is 0 Å². The zero-order valence-corrected chi connectivity index (χ0v) is 16.3. The van der Waals surface area contributed by atoms with Crippen LogP contribution in [0.3, 0.4) is 0 Å². The van der Waals surface area contributed by atoms with Crippen molar-refractivity contribution in [3.8, 4) is 0 Å². The third-order valence-electron chi connectivity index (χ3n) is 4.62. The van der Waals surface area contributed by atoms with Crippen LogP contribution in [0.4, 0.5) is 17.1 Å². The van der Waals surface area contributed by atoms with Crippen molar-refractivity contribution in [2.24, 2.45) is 4.74 Å². The molecule has 0 aliphatic heterocycles. The maximum atomic E-state index is 6.07. The van der Waals surface area contributed by atoms with E-state index in [0.717, 1.165) is 5.69 Å². The molecule has 28 heavy (non-hydrogen) atoms. The van der Waals surface area contributed by atoms with Crippen LogP contribution in [0.25, 0.3) is 0 Å². The molecule has 0 spiro atoms. The van der Waals surface area contributed by atoms with E-state index in [0.29, 0.717) is 11.4 Å². The van der Waals surface area contributed by atoms with Crippen LogP contribution >= 0.6 is 7.05 Å². The molecule has 0 amide bonds. The summed E-state index contributed by atoms with van der Waals surface area (Å²) >= 11 is 0. The summed E-state index contributed by atoms with van der Waals surface area (Å²) in [5, 5.41) is 3.56. The second-order valence-corrected chi connectivity index (χ2v) is 9.62. The van der Waals surface area contributed by atoms with Gasteiger partial charge in [0.15, 0.2) is 0 Å². The van der Waals surface area contributed by atoms with E-state index in [-0.39, 0.29) is 0 Å². The molecule has 0 saturated heterocycles. The SMILES string of the molecule is Nc1cc(N)cc(N=P(c2ccccc2)(c2ccccc2)c2ccccc2)c1. The quantitative estimate of drug-likeness (QED) is 0.398. The first-order valence-electron chi connectivity index (χ1n) is 9.14. The number of nitrogens with zero attached hydrogens (tertiary/aromatic N) is 1. The summed E-state index contributed by atoms with van der Waals surface area (Å²) in [7, 11) is -2.30. The molecule has 4 heteroatoms. The van der Waals surface area contributed by atoms with Crippen LogP contribution in [0.1, 0.15) is 0 Å². The van der Waals surface area contributed by atoms with E-state index in [1.165, 1.54) is 15.9 Å². The van der Waals surface area contributed by atoms with Crippen molar-refractivity contribution in [3.05, 3.63) is 109 Å². The molecule has 0 fully saturated rings. The van der Waals surface area contributed by atoms with Crippen molar-refractivity contribution in [2.75, 3.05) is 11.5 Å². The third-order valence-corrected chi connectivity index (χ3v) is 8.28. The molecule has 0 aromatic heterocycles. The Balaban J connectivity index is 2.14. The highest BCUT2D eigenvalue weighted by atomic mass is 31.2. The molecule has 0 heterocycles. The molecule has 0 saturated carbocycles. The predicted octanol–water partition coefficient (Wildman–Crippen LogP) is 4.66. The average molecular weight is 383 g/mol. The highest BCUT2D eigenvalue weighted by Crippen LogP contribution is 2.49. The van der Waals surface area contributed by atoms with E-state index in [1.54, 1.807) is 6.07 Å². The summed E-state index contributed by atoms with van der Waals surface area (Å²) in [6.07, 6.45) is 0. The Morgan fingerprint density at radius 1 is 0.500 bits per heavy atom. The standard InChI is InChI=1S/C24H22N3P/c25-19-16-20(26)18-21(17-19)27-28(22-10-4-1-5-11-22,23-12-6-2-7-13-23)24-14-8-3-9-15-24/h1-18H,25-26H2. The Morgan fingerprint density at radius 3 is 1.21 bits per heavy atom. The third kappa shape index (κ3) is 3.45. The van der Waals surface area contributed by atoms with Gasteiger partial charge in [-0.05, 0) is 18.2 Å². The van der Waals surface area contributed by atoms with Gasteiger partial charge < -0.3 is 11.5 Å². The minimum atomic E-state index is -2.30. The number of nitrogen functional groups attached to an aromatic ring is 2. The Bertz CT molecular complexity index is 1000. The fourth-order valence-electron chi connectivity index (χ4n) is 3.44. The van der Waals surface area contributed by atoms with Gasteiger partial charge in [0.1, 0.15) is 0 Å². The van der Waals surface area contributed by atoms with Crippen LogP contribution in [0.5, 0.6) is 0 Å². The highest BCUT2D eigenvalue weighted by Gasteiger charge is 2.27. The number of hydrogen-bond acceptors (Lipinski definition) is 3. The zero-order valence-electron chi connectivity index (χ0n) is 15.4. The molecule has 0 bridgehead atoms. The van der Waals surface area contributed by atoms with Gasteiger partial charge in [-0.25, -0.2) is 0 Å². The normalized spacial score (nSPS) is 11.1. The fourth-order valence-corrected chi connectivity index (χ4v) is 6.96. The van der Waals surface area contributed by atoms with E-state index >= 15 is 0 Å². The average Bonchev–Trinajstić information content (AvgIpc) is 2.73. The Kier molecular flexibility index (Phi) is 5.01. The van der Waals surface area contributed by atoms with E-state index in [4.69, 9.17) is 16.2 Å². The van der Waals surface area contributed by atoms with Gasteiger partial charge in [-0.3, -0.25) is 4.74 Å². The lowest BCUT2D eigenvalue weighted by Gasteiger charge is -2.27. The van der Waals surface area contributed by atoms with Gasteiger partial charge in [0.05, 0.1) is 12.7 Å². The molecule has 3 nitrogen and oxygen atoms in total. The first-order valence-corrected chi connectivity index (χ1v) is 10.9. The van der Waals surface area contributed by atoms with Gasteiger partial charge in [0, 0.05) is 27.3 Å². The lowest BCUT2D eigenvalue weighted by molar-refractivity contribution is 1.54. The smallest absolute Gasteiger partial charge is 0.0666 e. The van der Waals surface area contributed by atoms with Crippen molar-refractivity contribution in [2.45, 2.75) is 0 Å². The lowest BCUT2D eigenvalue weighted by atomic mass is 10.2. The van der Waals surface area contributed by atoms with E-state index in [9.17, 15) is 0 Å². The summed E-state index contributed by atoms with van der Waals surface area (Å²) < 4.78 is 5.37. The molecule has 4 rings (SSSR count).